The van der Waals surface area contributed by atoms with Crippen molar-refractivity contribution >= 4 is 22.7 Å². The van der Waals surface area contributed by atoms with Gasteiger partial charge in [0.25, 0.3) is 11.8 Å². The molecule has 2 aromatic heterocycles. The van der Waals surface area contributed by atoms with E-state index in [9.17, 15) is 9.59 Å². The van der Waals surface area contributed by atoms with E-state index in [0.717, 1.165) is 34.1 Å². The van der Waals surface area contributed by atoms with Gasteiger partial charge in [0.2, 0.25) is 0 Å². The van der Waals surface area contributed by atoms with Gasteiger partial charge in [0.1, 0.15) is 0 Å². The molecule has 6 heteroatoms. The molecule has 2 heterocycles. The van der Waals surface area contributed by atoms with Gasteiger partial charge >= 0.3 is 0 Å². The Morgan fingerprint density at radius 2 is 2.00 bits per heavy atom. The molecule has 0 aliphatic rings. The van der Waals surface area contributed by atoms with Crippen LogP contribution in [0, 0.1) is 0 Å². The molecule has 0 bridgehead atoms. The molecule has 0 fully saturated rings. The van der Waals surface area contributed by atoms with E-state index in [1.807, 2.05) is 50.4 Å². The average Bonchev–Trinajstić information content (AvgIpc) is 3.21. The fraction of sp³-hybridized carbons (Fsp3) is 0.269. The minimum absolute atomic E-state index is 0.0631. The molecular formula is C26H30N4O2. The van der Waals surface area contributed by atoms with E-state index < -0.39 is 0 Å². The van der Waals surface area contributed by atoms with Crippen LogP contribution in [0.1, 0.15) is 50.5 Å². The number of aromatic nitrogens is 2. The van der Waals surface area contributed by atoms with Gasteiger partial charge in [-0.05, 0) is 57.0 Å². The van der Waals surface area contributed by atoms with Crippen LogP contribution in [0.3, 0.4) is 0 Å². The first-order chi connectivity index (χ1) is 15.3. The number of amides is 2. The van der Waals surface area contributed by atoms with Crippen molar-refractivity contribution in [3.8, 4) is 11.1 Å². The van der Waals surface area contributed by atoms with Gasteiger partial charge in [-0.3, -0.25) is 14.6 Å². The molecule has 2 N–H and O–H groups in total. The maximum Gasteiger partial charge on any atom is 0.252 e. The lowest BCUT2D eigenvalue weighted by atomic mass is 10.0. The molecule has 32 heavy (non-hydrogen) atoms. The second kappa shape index (κ2) is 10.1. The Morgan fingerprint density at radius 1 is 1.22 bits per heavy atom. The molecule has 0 spiro atoms. The highest BCUT2D eigenvalue weighted by Crippen LogP contribution is 2.30. The van der Waals surface area contributed by atoms with Crippen LogP contribution in [0.4, 0.5) is 0 Å². The van der Waals surface area contributed by atoms with Crippen molar-refractivity contribution in [2.75, 3.05) is 6.54 Å². The number of hydrogen-bond acceptors (Lipinski definition) is 3. The number of nitrogens with one attached hydrogen (secondary N) is 2. The third-order valence-corrected chi connectivity index (χ3v) is 5.24. The zero-order valence-corrected chi connectivity index (χ0v) is 19.1. The molecule has 0 aliphatic carbocycles. The zero-order valence-electron chi connectivity index (χ0n) is 19.1. The molecule has 6 nitrogen and oxygen atoms in total. The molecule has 3 rings (SSSR count). The van der Waals surface area contributed by atoms with Crippen molar-refractivity contribution in [3.05, 3.63) is 78.4 Å². The van der Waals surface area contributed by atoms with Crippen LogP contribution >= 0.6 is 0 Å². The first-order valence-electron chi connectivity index (χ1n) is 10.8. The Bertz CT molecular complexity index is 1170. The summed E-state index contributed by atoms with van der Waals surface area (Å²) in [6.45, 7) is 11.9. The Hall–Kier alpha value is -3.67. The van der Waals surface area contributed by atoms with E-state index >= 15 is 0 Å². The molecule has 2 amide bonds. The SMILES string of the molecule is C=C(CNC(=O)c1cc(-c2cccnc2)cc2c1ccn2C(C)C)C(=O)N/C(C)=C\CC. The molecule has 0 saturated heterocycles. The monoisotopic (exact) mass is 430 g/mol. The summed E-state index contributed by atoms with van der Waals surface area (Å²) >= 11 is 0. The van der Waals surface area contributed by atoms with Crippen LogP contribution in [0.25, 0.3) is 22.0 Å². The number of rotatable bonds is 8. The van der Waals surface area contributed by atoms with E-state index in [1.54, 1.807) is 12.4 Å². The lowest BCUT2D eigenvalue weighted by molar-refractivity contribution is -0.116. The normalized spacial score (nSPS) is 11.6. The molecule has 0 saturated carbocycles. The fourth-order valence-corrected chi connectivity index (χ4v) is 3.59. The highest BCUT2D eigenvalue weighted by Gasteiger charge is 2.17. The van der Waals surface area contributed by atoms with Gasteiger partial charge in [-0.25, -0.2) is 0 Å². The van der Waals surface area contributed by atoms with Crippen molar-refractivity contribution in [3.63, 3.8) is 0 Å². The number of carbonyl (C=O) groups is 2. The van der Waals surface area contributed by atoms with E-state index in [2.05, 4.69) is 46.7 Å². The topological polar surface area (TPSA) is 76.0 Å². The van der Waals surface area contributed by atoms with Crippen LogP contribution in [0.15, 0.2) is 72.8 Å². The van der Waals surface area contributed by atoms with Gasteiger partial charge in [0.15, 0.2) is 0 Å². The third-order valence-electron chi connectivity index (χ3n) is 5.24. The summed E-state index contributed by atoms with van der Waals surface area (Å²) in [7, 11) is 0. The minimum atomic E-state index is -0.298. The van der Waals surface area contributed by atoms with Crippen LogP contribution in [0.5, 0.6) is 0 Å². The van der Waals surface area contributed by atoms with Crippen LogP contribution < -0.4 is 10.6 Å². The summed E-state index contributed by atoms with van der Waals surface area (Å²) in [4.78, 5) is 29.7. The number of carbonyl (C=O) groups excluding carboxylic acids is 2. The molecule has 3 aromatic rings. The summed E-state index contributed by atoms with van der Waals surface area (Å²) in [5.74, 6) is -0.551. The number of pyridine rings is 1. The van der Waals surface area contributed by atoms with Crippen molar-refractivity contribution < 1.29 is 9.59 Å². The highest BCUT2D eigenvalue weighted by molar-refractivity contribution is 6.08. The number of benzene rings is 1. The second-order valence-electron chi connectivity index (χ2n) is 8.05. The van der Waals surface area contributed by atoms with E-state index in [4.69, 9.17) is 0 Å². The maximum absolute atomic E-state index is 13.2. The smallest absolute Gasteiger partial charge is 0.252 e. The summed E-state index contributed by atoms with van der Waals surface area (Å²) < 4.78 is 2.14. The Morgan fingerprint density at radius 3 is 2.66 bits per heavy atom. The number of hydrogen-bond donors (Lipinski definition) is 2. The quantitative estimate of drug-likeness (QED) is 0.494. The van der Waals surface area contributed by atoms with Crippen LogP contribution in [-0.2, 0) is 4.79 Å². The molecular weight excluding hydrogens is 400 g/mol. The average molecular weight is 431 g/mol. The molecule has 166 valence electrons. The van der Waals surface area contributed by atoms with E-state index in [0.29, 0.717) is 11.1 Å². The Kier molecular flexibility index (Phi) is 7.25. The van der Waals surface area contributed by atoms with Crippen molar-refractivity contribution in [1.29, 1.82) is 0 Å². The molecule has 0 radical (unpaired) electrons. The van der Waals surface area contributed by atoms with Gasteiger partial charge in [-0.15, -0.1) is 0 Å². The predicted molar refractivity (Wildman–Crippen MR) is 129 cm³/mol. The van der Waals surface area contributed by atoms with Crippen molar-refractivity contribution in [2.45, 2.75) is 40.2 Å². The van der Waals surface area contributed by atoms with Crippen molar-refractivity contribution in [2.24, 2.45) is 0 Å². The molecule has 1 aromatic carbocycles. The minimum Gasteiger partial charge on any atom is -0.348 e. The number of nitrogens with zero attached hydrogens (tertiary/aromatic N) is 2. The Labute approximate surface area is 189 Å². The van der Waals surface area contributed by atoms with Gasteiger partial charge < -0.3 is 15.2 Å². The summed E-state index contributed by atoms with van der Waals surface area (Å²) in [5, 5.41) is 6.49. The van der Waals surface area contributed by atoms with Gasteiger partial charge in [0.05, 0.1) is 0 Å². The molecule has 0 atom stereocenters. The lowest BCUT2D eigenvalue weighted by Crippen LogP contribution is -2.32. The fourth-order valence-electron chi connectivity index (χ4n) is 3.59. The highest BCUT2D eigenvalue weighted by atomic mass is 16.2. The number of allylic oxidation sites excluding steroid dienone is 2. The second-order valence-corrected chi connectivity index (χ2v) is 8.05. The maximum atomic E-state index is 13.2. The van der Waals surface area contributed by atoms with E-state index in [1.165, 1.54) is 0 Å². The largest absolute Gasteiger partial charge is 0.348 e. The van der Waals surface area contributed by atoms with Gasteiger partial charge in [-0.1, -0.05) is 25.6 Å². The van der Waals surface area contributed by atoms with E-state index in [-0.39, 0.29) is 24.4 Å². The molecule has 0 aliphatic heterocycles. The standard InChI is InChI=1S/C26H30N4O2/c1-6-8-19(5)29-25(31)18(4)15-28-26(32)23-13-21(20-9-7-11-27-16-20)14-24-22(23)10-12-30(24)17(2)3/h7-14,16-17H,4,6,15H2,1-3,5H3,(H,28,32)(H,29,31)/b19-8-. The summed E-state index contributed by atoms with van der Waals surface area (Å²) in [6, 6.07) is 10.00. The summed E-state index contributed by atoms with van der Waals surface area (Å²) in [5.41, 5.74) is 4.43. The van der Waals surface area contributed by atoms with Crippen LogP contribution in [-0.4, -0.2) is 27.9 Å². The Balaban J connectivity index is 1.88. The summed E-state index contributed by atoms with van der Waals surface area (Å²) in [6.07, 6.45) is 8.25. The first-order valence-corrected chi connectivity index (χ1v) is 10.8. The molecule has 0 unspecified atom stereocenters. The third kappa shape index (κ3) is 5.14. The van der Waals surface area contributed by atoms with Gasteiger partial charge in [0, 0.05) is 64.5 Å². The first kappa shape index (κ1) is 23.0. The lowest BCUT2D eigenvalue weighted by Gasteiger charge is -2.14. The predicted octanol–water partition coefficient (Wildman–Crippen LogP) is 5.00. The van der Waals surface area contributed by atoms with Crippen LogP contribution in [0.2, 0.25) is 0 Å². The van der Waals surface area contributed by atoms with Crippen molar-refractivity contribution in [1.82, 2.24) is 20.2 Å². The zero-order chi connectivity index (χ0) is 23.3. The van der Waals surface area contributed by atoms with Gasteiger partial charge in [-0.2, -0.15) is 0 Å². The number of fused-ring (bicyclic) bond motifs is 1.